The fraction of sp³-hybridized carbons (Fsp3) is 0.381. The van der Waals surface area contributed by atoms with Crippen molar-refractivity contribution in [1.29, 1.82) is 0 Å². The second kappa shape index (κ2) is 8.23. The first-order valence-electron chi connectivity index (χ1n) is 9.18. The van der Waals surface area contributed by atoms with Gasteiger partial charge in [-0.15, -0.1) is 0 Å². The number of nitrogens with zero attached hydrogens (tertiary/aromatic N) is 3. The first-order chi connectivity index (χ1) is 12.5. The van der Waals surface area contributed by atoms with Crippen LogP contribution in [0.15, 0.2) is 48.5 Å². The topological polar surface area (TPSA) is 52.8 Å². The second-order valence-corrected chi connectivity index (χ2v) is 6.97. The van der Waals surface area contributed by atoms with Gasteiger partial charge >= 0.3 is 0 Å². The molecule has 5 heteroatoms. The zero-order valence-electron chi connectivity index (χ0n) is 15.7. The molecule has 0 spiro atoms. The van der Waals surface area contributed by atoms with Crippen LogP contribution in [0, 0.1) is 6.92 Å². The summed E-state index contributed by atoms with van der Waals surface area (Å²) in [5.41, 5.74) is 9.41. The minimum Gasteiger partial charge on any atom is -0.399 e. The summed E-state index contributed by atoms with van der Waals surface area (Å²) in [6, 6.07) is 16.0. The molecule has 1 saturated heterocycles. The fourth-order valence-electron chi connectivity index (χ4n) is 3.34. The van der Waals surface area contributed by atoms with Crippen molar-refractivity contribution in [3.05, 3.63) is 59.7 Å². The number of hydrogen-bond acceptors (Lipinski definition) is 4. The number of carbonyl (C=O) groups is 1. The Balaban J connectivity index is 1.49. The molecular weight excluding hydrogens is 324 g/mol. The van der Waals surface area contributed by atoms with E-state index in [4.69, 9.17) is 5.73 Å². The highest BCUT2D eigenvalue weighted by Gasteiger charge is 2.19. The molecule has 0 aromatic heterocycles. The van der Waals surface area contributed by atoms with E-state index >= 15 is 0 Å². The molecule has 5 nitrogen and oxygen atoms in total. The number of aryl methyl sites for hydroxylation is 1. The predicted molar refractivity (Wildman–Crippen MR) is 108 cm³/mol. The lowest BCUT2D eigenvalue weighted by Crippen LogP contribution is -2.48. The van der Waals surface area contributed by atoms with Crippen molar-refractivity contribution < 1.29 is 4.79 Å². The molecule has 2 aromatic rings. The number of nitrogens with two attached hydrogens (primary N) is 1. The largest absolute Gasteiger partial charge is 0.399 e. The van der Waals surface area contributed by atoms with E-state index in [1.807, 2.05) is 26.1 Å². The number of hydrogen-bond donors (Lipinski definition) is 1. The van der Waals surface area contributed by atoms with Crippen molar-refractivity contribution in [2.45, 2.75) is 6.92 Å². The normalized spacial score (nSPS) is 15.1. The van der Waals surface area contributed by atoms with E-state index in [1.54, 1.807) is 11.0 Å². The number of piperazine rings is 1. The molecule has 0 saturated carbocycles. The molecule has 1 fully saturated rings. The van der Waals surface area contributed by atoms with Crippen LogP contribution < -0.4 is 10.6 Å². The minimum absolute atomic E-state index is 0.0396. The highest BCUT2D eigenvalue weighted by Crippen LogP contribution is 2.16. The molecule has 1 aliphatic rings. The number of nitrogen functional groups attached to an aromatic ring is 1. The Morgan fingerprint density at radius 2 is 1.77 bits per heavy atom. The van der Waals surface area contributed by atoms with Crippen LogP contribution in [0.4, 0.5) is 11.4 Å². The Kier molecular flexibility index (Phi) is 5.78. The van der Waals surface area contributed by atoms with Gasteiger partial charge in [0.1, 0.15) is 0 Å². The summed E-state index contributed by atoms with van der Waals surface area (Å²) in [5.74, 6) is 0.0396. The number of carbonyl (C=O) groups excluding carboxylic acids is 1. The van der Waals surface area contributed by atoms with E-state index in [2.05, 4.69) is 40.1 Å². The summed E-state index contributed by atoms with van der Waals surface area (Å²) in [6.07, 6.45) is 0. The second-order valence-electron chi connectivity index (χ2n) is 6.97. The number of amides is 1. The number of anilines is 2. The van der Waals surface area contributed by atoms with E-state index < -0.39 is 0 Å². The lowest BCUT2D eigenvalue weighted by atomic mass is 10.1. The molecule has 0 bridgehead atoms. The van der Waals surface area contributed by atoms with Crippen LogP contribution in [-0.2, 0) is 0 Å². The lowest BCUT2D eigenvalue weighted by molar-refractivity contribution is 0.0775. The smallest absolute Gasteiger partial charge is 0.253 e. The number of likely N-dealkylation sites (N-methyl/N-ethyl adjacent to an activating group) is 1. The van der Waals surface area contributed by atoms with Crippen LogP contribution in [0.2, 0.25) is 0 Å². The van der Waals surface area contributed by atoms with Crippen molar-refractivity contribution in [3.63, 3.8) is 0 Å². The monoisotopic (exact) mass is 352 g/mol. The molecule has 0 unspecified atom stereocenters. The first-order valence-corrected chi connectivity index (χ1v) is 9.18. The van der Waals surface area contributed by atoms with Crippen LogP contribution in [-0.4, -0.2) is 62.0 Å². The van der Waals surface area contributed by atoms with E-state index in [0.717, 1.165) is 44.8 Å². The Hall–Kier alpha value is -2.53. The molecule has 1 amide bonds. The van der Waals surface area contributed by atoms with E-state index in [9.17, 15) is 4.79 Å². The third-order valence-corrected chi connectivity index (χ3v) is 5.08. The maximum absolute atomic E-state index is 12.7. The third-order valence-electron chi connectivity index (χ3n) is 5.08. The molecule has 0 radical (unpaired) electrons. The lowest BCUT2D eigenvalue weighted by Gasteiger charge is -2.36. The maximum atomic E-state index is 12.7. The highest BCUT2D eigenvalue weighted by molar-refractivity contribution is 5.96. The summed E-state index contributed by atoms with van der Waals surface area (Å²) in [5, 5.41) is 0. The van der Waals surface area contributed by atoms with Gasteiger partial charge in [0.2, 0.25) is 0 Å². The van der Waals surface area contributed by atoms with Crippen LogP contribution in [0.1, 0.15) is 15.9 Å². The van der Waals surface area contributed by atoms with Gasteiger partial charge in [0.05, 0.1) is 0 Å². The average Bonchev–Trinajstić information content (AvgIpc) is 2.68. The Bertz CT molecular complexity index is 739. The van der Waals surface area contributed by atoms with Gasteiger partial charge in [0, 0.05) is 63.3 Å². The highest BCUT2D eigenvalue weighted by atomic mass is 16.2. The summed E-state index contributed by atoms with van der Waals surface area (Å²) in [6.45, 7) is 7.66. The molecule has 0 aliphatic carbocycles. The van der Waals surface area contributed by atoms with Crippen molar-refractivity contribution in [1.82, 2.24) is 9.80 Å². The maximum Gasteiger partial charge on any atom is 0.253 e. The summed E-state index contributed by atoms with van der Waals surface area (Å²) in [4.78, 5) is 19.3. The molecule has 0 atom stereocenters. The Morgan fingerprint density at radius 1 is 1.08 bits per heavy atom. The van der Waals surface area contributed by atoms with Gasteiger partial charge in [-0.2, -0.15) is 0 Å². The van der Waals surface area contributed by atoms with Gasteiger partial charge in [-0.3, -0.25) is 9.69 Å². The number of benzene rings is 2. The minimum atomic E-state index is 0.0396. The molecule has 138 valence electrons. The van der Waals surface area contributed by atoms with E-state index in [1.165, 1.54) is 5.69 Å². The van der Waals surface area contributed by atoms with Crippen molar-refractivity contribution in [2.75, 3.05) is 56.9 Å². The first kappa shape index (κ1) is 18.3. The van der Waals surface area contributed by atoms with Gasteiger partial charge in [-0.25, -0.2) is 0 Å². The van der Waals surface area contributed by atoms with E-state index in [-0.39, 0.29) is 5.91 Å². The Labute approximate surface area is 156 Å². The Morgan fingerprint density at radius 3 is 2.46 bits per heavy atom. The molecule has 2 N–H and O–H groups in total. The van der Waals surface area contributed by atoms with Crippen molar-refractivity contribution in [3.8, 4) is 0 Å². The zero-order chi connectivity index (χ0) is 18.5. The fourth-order valence-corrected chi connectivity index (χ4v) is 3.34. The van der Waals surface area contributed by atoms with Crippen LogP contribution in [0.3, 0.4) is 0 Å². The zero-order valence-corrected chi connectivity index (χ0v) is 15.7. The molecule has 1 aliphatic heterocycles. The summed E-state index contributed by atoms with van der Waals surface area (Å²) >= 11 is 0. The predicted octanol–water partition coefficient (Wildman–Crippen LogP) is 2.47. The van der Waals surface area contributed by atoms with Gasteiger partial charge in [-0.1, -0.05) is 24.3 Å². The molecule has 2 aromatic carbocycles. The average molecular weight is 352 g/mol. The summed E-state index contributed by atoms with van der Waals surface area (Å²) < 4.78 is 0. The van der Waals surface area contributed by atoms with Crippen LogP contribution in [0.25, 0.3) is 0 Å². The van der Waals surface area contributed by atoms with Gasteiger partial charge < -0.3 is 15.5 Å². The third kappa shape index (κ3) is 4.35. The SMILES string of the molecule is Cc1ccc(N)cc1C(=O)N(C)CCN1CCN(c2ccccc2)CC1. The molecule has 26 heavy (non-hydrogen) atoms. The van der Waals surface area contributed by atoms with Crippen molar-refractivity contribution >= 4 is 17.3 Å². The van der Waals surface area contributed by atoms with Crippen LogP contribution in [0.5, 0.6) is 0 Å². The molecule has 3 rings (SSSR count). The van der Waals surface area contributed by atoms with Gasteiger partial charge in [0.15, 0.2) is 0 Å². The van der Waals surface area contributed by atoms with Crippen molar-refractivity contribution in [2.24, 2.45) is 0 Å². The molecule has 1 heterocycles. The van der Waals surface area contributed by atoms with Gasteiger partial charge in [-0.05, 0) is 36.8 Å². The van der Waals surface area contributed by atoms with Crippen LogP contribution >= 0.6 is 0 Å². The van der Waals surface area contributed by atoms with Gasteiger partial charge in [0.25, 0.3) is 5.91 Å². The standard InChI is InChI=1S/C21H28N4O/c1-17-8-9-18(22)16-20(17)21(26)23(2)10-11-24-12-14-25(15-13-24)19-6-4-3-5-7-19/h3-9,16H,10-15,22H2,1-2H3. The molecular formula is C21H28N4O. The number of rotatable bonds is 5. The summed E-state index contributed by atoms with van der Waals surface area (Å²) in [7, 11) is 1.87. The number of para-hydroxylation sites is 1. The quantitative estimate of drug-likeness (QED) is 0.840. The van der Waals surface area contributed by atoms with E-state index in [0.29, 0.717) is 11.3 Å².